The van der Waals surface area contributed by atoms with Crippen LogP contribution in [-0.4, -0.2) is 12.6 Å². The standard InChI is InChI=1S/C9H15N/c1-3-8-5-6-9(4-2)10-7-8/h3-4,8-10H,1-2,5-7H2. The Bertz CT molecular complexity index is 105. The molecule has 0 aliphatic carbocycles. The van der Waals surface area contributed by atoms with E-state index in [9.17, 15) is 0 Å². The second-order valence-electron chi connectivity index (χ2n) is 2.82. The number of rotatable bonds is 2. The molecule has 0 aromatic carbocycles. The number of piperidine rings is 1. The molecule has 1 heteroatoms. The van der Waals surface area contributed by atoms with Crippen molar-refractivity contribution in [2.75, 3.05) is 6.54 Å². The zero-order valence-electron chi connectivity index (χ0n) is 6.34. The van der Waals surface area contributed by atoms with E-state index in [4.69, 9.17) is 0 Å². The normalized spacial score (nSPS) is 33.2. The minimum absolute atomic E-state index is 0.538. The third-order valence-electron chi connectivity index (χ3n) is 2.11. The Hall–Kier alpha value is -0.560. The largest absolute Gasteiger partial charge is 0.310 e. The fourth-order valence-corrected chi connectivity index (χ4v) is 1.30. The lowest BCUT2D eigenvalue weighted by Gasteiger charge is -2.25. The lowest BCUT2D eigenvalue weighted by atomic mass is 9.95. The van der Waals surface area contributed by atoms with Crippen LogP contribution in [-0.2, 0) is 0 Å². The van der Waals surface area contributed by atoms with E-state index in [-0.39, 0.29) is 0 Å². The van der Waals surface area contributed by atoms with Gasteiger partial charge in [-0.05, 0) is 18.8 Å². The Morgan fingerprint density at radius 2 is 2.00 bits per heavy atom. The van der Waals surface area contributed by atoms with Crippen molar-refractivity contribution in [3.8, 4) is 0 Å². The molecule has 1 heterocycles. The van der Waals surface area contributed by atoms with E-state index in [1.54, 1.807) is 0 Å². The zero-order chi connectivity index (χ0) is 7.40. The maximum absolute atomic E-state index is 3.77. The van der Waals surface area contributed by atoms with Gasteiger partial charge in [0.1, 0.15) is 0 Å². The molecule has 0 amide bonds. The summed E-state index contributed by atoms with van der Waals surface area (Å²) in [6.45, 7) is 8.59. The molecule has 0 spiro atoms. The first kappa shape index (κ1) is 7.55. The highest BCUT2D eigenvalue weighted by molar-refractivity contribution is 4.93. The fourth-order valence-electron chi connectivity index (χ4n) is 1.30. The van der Waals surface area contributed by atoms with Crippen LogP contribution in [0.5, 0.6) is 0 Å². The molecule has 56 valence electrons. The van der Waals surface area contributed by atoms with E-state index in [0.717, 1.165) is 6.54 Å². The van der Waals surface area contributed by atoms with Gasteiger partial charge in [-0.15, -0.1) is 13.2 Å². The van der Waals surface area contributed by atoms with E-state index in [1.165, 1.54) is 12.8 Å². The van der Waals surface area contributed by atoms with Gasteiger partial charge in [-0.2, -0.15) is 0 Å². The maximum atomic E-state index is 3.77. The monoisotopic (exact) mass is 137 g/mol. The summed E-state index contributed by atoms with van der Waals surface area (Å²) >= 11 is 0. The SMILES string of the molecule is C=CC1CCC(C=C)NC1. The Kier molecular flexibility index (Phi) is 2.69. The van der Waals surface area contributed by atoms with Crippen molar-refractivity contribution >= 4 is 0 Å². The van der Waals surface area contributed by atoms with Gasteiger partial charge in [0.15, 0.2) is 0 Å². The van der Waals surface area contributed by atoms with Crippen LogP contribution in [0.4, 0.5) is 0 Å². The molecule has 1 aliphatic rings. The molecule has 0 bridgehead atoms. The second kappa shape index (κ2) is 3.57. The number of hydrogen-bond donors (Lipinski definition) is 1. The molecule has 1 saturated heterocycles. The highest BCUT2D eigenvalue weighted by Crippen LogP contribution is 2.14. The molecular formula is C9H15N. The highest BCUT2D eigenvalue weighted by Gasteiger charge is 2.14. The van der Waals surface area contributed by atoms with Gasteiger partial charge in [-0.25, -0.2) is 0 Å². The molecule has 1 N–H and O–H groups in total. The molecule has 1 aliphatic heterocycles. The molecule has 0 aromatic rings. The van der Waals surface area contributed by atoms with Gasteiger partial charge in [0.2, 0.25) is 0 Å². The third-order valence-corrected chi connectivity index (χ3v) is 2.11. The van der Waals surface area contributed by atoms with Crippen molar-refractivity contribution in [2.24, 2.45) is 5.92 Å². The Balaban J connectivity index is 2.30. The van der Waals surface area contributed by atoms with Crippen LogP contribution in [0.25, 0.3) is 0 Å². The summed E-state index contributed by atoms with van der Waals surface area (Å²) in [5.74, 6) is 0.677. The van der Waals surface area contributed by atoms with Crippen molar-refractivity contribution in [1.29, 1.82) is 0 Å². The fraction of sp³-hybridized carbons (Fsp3) is 0.556. The van der Waals surface area contributed by atoms with E-state index < -0.39 is 0 Å². The molecule has 0 radical (unpaired) electrons. The summed E-state index contributed by atoms with van der Waals surface area (Å²) in [7, 11) is 0. The molecule has 1 rings (SSSR count). The minimum Gasteiger partial charge on any atom is -0.310 e. The lowest BCUT2D eigenvalue weighted by molar-refractivity contribution is 0.390. The minimum atomic E-state index is 0.538. The summed E-state index contributed by atoms with van der Waals surface area (Å²) in [5.41, 5.74) is 0. The molecule has 2 unspecified atom stereocenters. The van der Waals surface area contributed by atoms with Crippen LogP contribution in [0.2, 0.25) is 0 Å². The lowest BCUT2D eigenvalue weighted by Crippen LogP contribution is -2.36. The predicted molar refractivity (Wildman–Crippen MR) is 44.9 cm³/mol. The van der Waals surface area contributed by atoms with E-state index in [2.05, 4.69) is 18.5 Å². The van der Waals surface area contributed by atoms with Crippen LogP contribution >= 0.6 is 0 Å². The third kappa shape index (κ3) is 1.71. The topological polar surface area (TPSA) is 12.0 Å². The van der Waals surface area contributed by atoms with Crippen LogP contribution in [0.1, 0.15) is 12.8 Å². The van der Waals surface area contributed by atoms with Gasteiger partial charge < -0.3 is 5.32 Å². The van der Waals surface area contributed by atoms with Crippen molar-refractivity contribution < 1.29 is 0 Å². The van der Waals surface area contributed by atoms with Gasteiger partial charge in [-0.1, -0.05) is 12.2 Å². The van der Waals surface area contributed by atoms with Crippen LogP contribution in [0.15, 0.2) is 25.3 Å². The van der Waals surface area contributed by atoms with Crippen LogP contribution in [0, 0.1) is 5.92 Å². The quantitative estimate of drug-likeness (QED) is 0.571. The second-order valence-corrected chi connectivity index (χ2v) is 2.82. The Morgan fingerprint density at radius 3 is 2.40 bits per heavy atom. The molecule has 0 aromatic heterocycles. The smallest absolute Gasteiger partial charge is 0.0247 e. The average molecular weight is 137 g/mol. The van der Waals surface area contributed by atoms with Gasteiger partial charge in [0.25, 0.3) is 0 Å². The van der Waals surface area contributed by atoms with Gasteiger partial charge in [-0.3, -0.25) is 0 Å². The summed E-state index contributed by atoms with van der Waals surface area (Å²) in [6, 6.07) is 0.538. The molecule has 0 saturated carbocycles. The van der Waals surface area contributed by atoms with Crippen molar-refractivity contribution in [3.63, 3.8) is 0 Å². The van der Waals surface area contributed by atoms with Gasteiger partial charge in [0, 0.05) is 12.6 Å². The first-order valence-corrected chi connectivity index (χ1v) is 3.85. The van der Waals surface area contributed by atoms with Crippen molar-refractivity contribution in [3.05, 3.63) is 25.3 Å². The maximum Gasteiger partial charge on any atom is 0.0247 e. The van der Waals surface area contributed by atoms with Gasteiger partial charge in [0.05, 0.1) is 0 Å². The Labute approximate surface area is 62.8 Å². The van der Waals surface area contributed by atoms with Crippen LogP contribution in [0.3, 0.4) is 0 Å². The molecule has 2 atom stereocenters. The van der Waals surface area contributed by atoms with E-state index >= 15 is 0 Å². The van der Waals surface area contributed by atoms with Crippen molar-refractivity contribution in [2.45, 2.75) is 18.9 Å². The summed E-state index contributed by atoms with van der Waals surface area (Å²) < 4.78 is 0. The summed E-state index contributed by atoms with van der Waals surface area (Å²) in [6.07, 6.45) is 6.49. The highest BCUT2D eigenvalue weighted by atomic mass is 14.9. The number of nitrogens with one attached hydrogen (secondary N) is 1. The Morgan fingerprint density at radius 1 is 1.20 bits per heavy atom. The first-order chi connectivity index (χ1) is 4.86. The summed E-state index contributed by atoms with van der Waals surface area (Å²) in [4.78, 5) is 0. The zero-order valence-corrected chi connectivity index (χ0v) is 6.34. The van der Waals surface area contributed by atoms with Crippen LogP contribution < -0.4 is 5.32 Å². The summed E-state index contributed by atoms with van der Waals surface area (Å²) in [5, 5.41) is 3.38. The number of hydrogen-bond acceptors (Lipinski definition) is 1. The molecular weight excluding hydrogens is 122 g/mol. The predicted octanol–water partition coefficient (Wildman–Crippen LogP) is 1.73. The van der Waals surface area contributed by atoms with Crippen molar-refractivity contribution in [1.82, 2.24) is 5.32 Å². The molecule has 1 nitrogen and oxygen atoms in total. The molecule has 10 heavy (non-hydrogen) atoms. The average Bonchev–Trinajstić information content (AvgIpc) is 2.05. The first-order valence-electron chi connectivity index (χ1n) is 3.85. The van der Waals surface area contributed by atoms with E-state index in [1.807, 2.05) is 12.2 Å². The molecule has 1 fully saturated rings. The van der Waals surface area contributed by atoms with E-state index in [0.29, 0.717) is 12.0 Å². The van der Waals surface area contributed by atoms with Gasteiger partial charge >= 0.3 is 0 Å².